The first-order chi connectivity index (χ1) is 14.9. The highest BCUT2D eigenvalue weighted by Gasteiger charge is 2.58. The molecule has 0 aliphatic carbocycles. The first-order valence-corrected chi connectivity index (χ1v) is 11.9. The van der Waals surface area contributed by atoms with Gasteiger partial charge < -0.3 is 15.7 Å². The van der Waals surface area contributed by atoms with Crippen LogP contribution in [0.25, 0.3) is 0 Å². The van der Waals surface area contributed by atoms with Crippen LogP contribution in [0.3, 0.4) is 0 Å². The predicted molar refractivity (Wildman–Crippen MR) is 121 cm³/mol. The number of aliphatic carboxylic acids is 1. The Balaban J connectivity index is 1.57. The largest absolute Gasteiger partial charge is 0.479 e. The number of carboxylic acid groups (broad SMARTS) is 1. The number of carboxylic acids is 1. The molecular weight excluding hydrogens is 432 g/mol. The normalized spacial score (nSPS) is 22.7. The maximum atomic E-state index is 12.9. The molecule has 6 nitrogen and oxygen atoms in total. The predicted octanol–water partition coefficient (Wildman–Crippen LogP) is 2.92. The molecule has 2 aromatic rings. The van der Waals surface area contributed by atoms with Crippen LogP contribution in [0.4, 0.5) is 0 Å². The summed E-state index contributed by atoms with van der Waals surface area (Å²) in [6, 6.07) is 15.9. The number of thioether (sulfide) groups is 2. The molecule has 31 heavy (non-hydrogen) atoms. The van der Waals surface area contributed by atoms with Gasteiger partial charge in [0.05, 0.1) is 5.03 Å². The maximum Gasteiger partial charge on any atom is 0.330 e. The lowest BCUT2D eigenvalue weighted by Gasteiger charge is -2.51. The second-order valence-corrected chi connectivity index (χ2v) is 9.55. The first kappa shape index (κ1) is 21.5. The van der Waals surface area contributed by atoms with Crippen LogP contribution in [0.15, 0.2) is 70.1 Å². The molecule has 3 atom stereocenters. The number of rotatable bonds is 7. The van der Waals surface area contributed by atoms with Crippen molar-refractivity contribution in [1.29, 1.82) is 0 Å². The van der Waals surface area contributed by atoms with Crippen molar-refractivity contribution in [3.63, 3.8) is 0 Å². The fourth-order valence-corrected chi connectivity index (χ4v) is 5.76. The quantitative estimate of drug-likeness (QED) is 0.377. The van der Waals surface area contributed by atoms with Crippen LogP contribution in [0.2, 0.25) is 0 Å². The van der Waals surface area contributed by atoms with Crippen molar-refractivity contribution in [3.8, 4) is 0 Å². The number of carbonyl (C=O) groups is 3. The van der Waals surface area contributed by atoms with Gasteiger partial charge in [-0.3, -0.25) is 9.59 Å². The highest BCUT2D eigenvalue weighted by Crippen LogP contribution is 2.47. The van der Waals surface area contributed by atoms with Crippen LogP contribution in [0.1, 0.15) is 11.1 Å². The van der Waals surface area contributed by atoms with E-state index in [0.29, 0.717) is 17.0 Å². The maximum absolute atomic E-state index is 12.9. The SMILES string of the molecule is CSc1ccc(CC2=C(N)S[C@@H]3[C@H](C(=O)Cc4ccccc4)C(=O)N3C2C(=O)O)cc1. The summed E-state index contributed by atoms with van der Waals surface area (Å²) in [6.07, 6.45) is 2.46. The molecule has 4 rings (SSSR count). The van der Waals surface area contributed by atoms with E-state index in [4.69, 9.17) is 5.73 Å². The van der Waals surface area contributed by atoms with Gasteiger partial charge in [-0.25, -0.2) is 4.79 Å². The highest BCUT2D eigenvalue weighted by molar-refractivity contribution is 8.03. The van der Waals surface area contributed by atoms with E-state index in [1.165, 1.54) is 16.7 Å². The summed E-state index contributed by atoms with van der Waals surface area (Å²) in [4.78, 5) is 40.2. The monoisotopic (exact) mass is 454 g/mol. The zero-order chi connectivity index (χ0) is 22.1. The fourth-order valence-electron chi connectivity index (χ4n) is 4.01. The van der Waals surface area contributed by atoms with E-state index in [1.807, 2.05) is 60.9 Å². The van der Waals surface area contributed by atoms with E-state index < -0.39 is 29.2 Å². The third kappa shape index (κ3) is 4.09. The Morgan fingerprint density at radius 3 is 2.39 bits per heavy atom. The molecule has 1 saturated heterocycles. The number of carbonyl (C=O) groups excluding carboxylic acids is 2. The second kappa shape index (κ2) is 8.80. The second-order valence-electron chi connectivity index (χ2n) is 7.52. The van der Waals surface area contributed by atoms with Gasteiger partial charge in [0.25, 0.3) is 0 Å². The molecule has 8 heteroatoms. The molecule has 160 valence electrons. The van der Waals surface area contributed by atoms with Crippen LogP contribution in [-0.4, -0.2) is 45.3 Å². The summed E-state index contributed by atoms with van der Waals surface area (Å²) in [7, 11) is 0. The topological polar surface area (TPSA) is 101 Å². The molecule has 0 radical (unpaired) electrons. The Labute approximate surface area is 188 Å². The smallest absolute Gasteiger partial charge is 0.330 e. The minimum Gasteiger partial charge on any atom is -0.479 e. The van der Waals surface area contributed by atoms with Gasteiger partial charge in [-0.2, -0.15) is 0 Å². The Kier molecular flexibility index (Phi) is 6.11. The van der Waals surface area contributed by atoms with Gasteiger partial charge in [0.1, 0.15) is 11.3 Å². The van der Waals surface area contributed by atoms with Crippen molar-refractivity contribution in [2.24, 2.45) is 11.7 Å². The molecule has 1 amide bonds. The van der Waals surface area contributed by atoms with Crippen LogP contribution < -0.4 is 5.73 Å². The molecule has 2 aromatic carbocycles. The van der Waals surface area contributed by atoms with Gasteiger partial charge in [-0.05, 0) is 41.5 Å². The van der Waals surface area contributed by atoms with Crippen molar-refractivity contribution in [1.82, 2.24) is 4.90 Å². The Morgan fingerprint density at radius 1 is 1.10 bits per heavy atom. The van der Waals surface area contributed by atoms with Gasteiger partial charge >= 0.3 is 5.97 Å². The average molecular weight is 455 g/mol. The molecule has 0 saturated carbocycles. The molecule has 1 fully saturated rings. The van der Waals surface area contributed by atoms with E-state index in [9.17, 15) is 19.5 Å². The first-order valence-electron chi connectivity index (χ1n) is 9.80. The lowest BCUT2D eigenvalue weighted by atomic mass is 9.85. The molecular formula is C23H22N2O4S2. The fraction of sp³-hybridized carbons (Fsp3) is 0.261. The van der Waals surface area contributed by atoms with Crippen LogP contribution in [0, 0.1) is 5.92 Å². The number of hydrogen-bond acceptors (Lipinski definition) is 6. The number of ketones is 1. The molecule has 2 aliphatic rings. The van der Waals surface area contributed by atoms with Crippen molar-refractivity contribution >= 4 is 41.2 Å². The van der Waals surface area contributed by atoms with Crippen molar-refractivity contribution < 1.29 is 19.5 Å². The minimum atomic E-state index is -1.15. The average Bonchev–Trinajstić information content (AvgIpc) is 2.76. The Morgan fingerprint density at radius 2 is 1.77 bits per heavy atom. The summed E-state index contributed by atoms with van der Waals surface area (Å²) < 4.78 is 0. The summed E-state index contributed by atoms with van der Waals surface area (Å²) in [6.45, 7) is 0. The number of Topliss-reactive ketones (excluding diaryl/α,β-unsaturated/α-hetero) is 1. The number of nitrogens with two attached hydrogens (primary N) is 1. The van der Waals surface area contributed by atoms with E-state index in [2.05, 4.69) is 0 Å². The van der Waals surface area contributed by atoms with Crippen molar-refractivity contribution in [3.05, 3.63) is 76.3 Å². The zero-order valence-corrected chi connectivity index (χ0v) is 18.5. The Hall–Kier alpha value is -2.71. The molecule has 2 aliphatic heterocycles. The van der Waals surface area contributed by atoms with Gasteiger partial charge in [0.2, 0.25) is 5.91 Å². The van der Waals surface area contributed by atoms with Gasteiger partial charge in [0.15, 0.2) is 11.8 Å². The molecule has 1 unspecified atom stereocenters. The molecule has 3 N–H and O–H groups in total. The number of amides is 1. The minimum absolute atomic E-state index is 0.137. The van der Waals surface area contributed by atoms with Gasteiger partial charge in [-0.1, -0.05) is 54.2 Å². The number of benzene rings is 2. The van der Waals surface area contributed by atoms with E-state index in [1.54, 1.807) is 11.8 Å². The van der Waals surface area contributed by atoms with Crippen LogP contribution >= 0.6 is 23.5 Å². The van der Waals surface area contributed by atoms with Crippen LogP contribution in [-0.2, 0) is 27.2 Å². The number of hydrogen-bond donors (Lipinski definition) is 2. The Bertz CT molecular complexity index is 1050. The molecule has 0 aromatic heterocycles. The van der Waals surface area contributed by atoms with Crippen molar-refractivity contribution in [2.75, 3.05) is 6.26 Å². The standard InChI is InChI=1S/C23H22N2O4S2/c1-30-15-9-7-14(8-10-15)11-16-19(23(28)29)25-21(27)18(22(25)31-20(16)24)17(26)12-13-5-3-2-4-6-13/h2-10,18-19,22H,11-12,24H2,1H3,(H,28,29)/t18-,19?,22-/m1/s1. The molecule has 0 spiro atoms. The van der Waals surface area contributed by atoms with Gasteiger partial charge in [-0.15, -0.1) is 11.8 Å². The lowest BCUT2D eigenvalue weighted by Crippen LogP contribution is -2.69. The number of fused-ring (bicyclic) bond motifs is 1. The summed E-state index contributed by atoms with van der Waals surface area (Å²) in [5.74, 6) is -2.65. The van der Waals surface area contributed by atoms with Gasteiger partial charge in [0, 0.05) is 11.3 Å². The third-order valence-corrected chi connectivity index (χ3v) is 7.61. The molecule has 2 heterocycles. The summed E-state index contributed by atoms with van der Waals surface area (Å²) in [5.41, 5.74) is 8.53. The van der Waals surface area contributed by atoms with E-state index in [-0.39, 0.29) is 12.2 Å². The summed E-state index contributed by atoms with van der Waals surface area (Å²) >= 11 is 2.84. The van der Waals surface area contributed by atoms with Crippen molar-refractivity contribution in [2.45, 2.75) is 29.2 Å². The summed E-state index contributed by atoms with van der Waals surface area (Å²) in [5, 5.41) is 9.71. The number of β-lactam (4-membered cyclic amide) rings is 1. The van der Waals surface area contributed by atoms with Crippen LogP contribution in [0.5, 0.6) is 0 Å². The molecule has 0 bridgehead atoms. The van der Waals surface area contributed by atoms with E-state index >= 15 is 0 Å². The lowest BCUT2D eigenvalue weighted by molar-refractivity contribution is -0.165. The van der Waals surface area contributed by atoms with E-state index in [0.717, 1.165) is 16.0 Å². The zero-order valence-electron chi connectivity index (χ0n) is 16.9. The highest BCUT2D eigenvalue weighted by atomic mass is 32.2. The number of nitrogens with zero attached hydrogens (tertiary/aromatic N) is 1. The third-order valence-electron chi connectivity index (χ3n) is 5.61.